The van der Waals surface area contributed by atoms with Crippen LogP contribution in [0, 0.1) is 0 Å². The largest absolute Gasteiger partial charge is 0.326 e. The van der Waals surface area contributed by atoms with Crippen molar-refractivity contribution in [3.8, 4) is 0 Å². The third-order valence-electron chi connectivity index (χ3n) is 2.01. The van der Waals surface area contributed by atoms with Gasteiger partial charge in [0.15, 0.2) is 7.28 Å². The maximum absolute atomic E-state index is 5.59. The minimum absolute atomic E-state index is 0.614. The molecule has 2 heterocycles. The number of thiophene rings is 1. The third kappa shape index (κ3) is 1.47. The van der Waals surface area contributed by atoms with E-state index >= 15 is 0 Å². The molecule has 65 valence electrons. The Labute approximate surface area is 82.0 Å². The van der Waals surface area contributed by atoms with E-state index in [1.54, 1.807) is 11.3 Å². The van der Waals surface area contributed by atoms with Crippen molar-refractivity contribution >= 4 is 34.2 Å². The molecule has 2 N–H and O–H groups in total. The van der Waals surface area contributed by atoms with Crippen LogP contribution < -0.4 is 11.2 Å². The van der Waals surface area contributed by atoms with Gasteiger partial charge in [0, 0.05) is 33.9 Å². The molecule has 0 saturated carbocycles. The summed E-state index contributed by atoms with van der Waals surface area (Å²) in [4.78, 5) is 5.38. The molecule has 4 heteroatoms. The normalized spacial score (nSPS) is 10.6. The van der Waals surface area contributed by atoms with E-state index < -0.39 is 0 Å². The molecule has 13 heavy (non-hydrogen) atoms. The molecule has 0 amide bonds. The predicted molar refractivity (Wildman–Crippen MR) is 58.8 cm³/mol. The first-order valence-corrected chi connectivity index (χ1v) is 5.02. The summed E-state index contributed by atoms with van der Waals surface area (Å²) >= 11 is 1.75. The average molecular weight is 189 g/mol. The van der Waals surface area contributed by atoms with Gasteiger partial charge in [-0.25, -0.2) is 0 Å². The number of rotatable bonds is 2. The fraction of sp³-hybridized carbons (Fsp3) is 0.222. The van der Waals surface area contributed by atoms with E-state index in [-0.39, 0.29) is 0 Å². The molecule has 2 rings (SSSR count). The Morgan fingerprint density at radius 3 is 3.08 bits per heavy atom. The van der Waals surface area contributed by atoms with Gasteiger partial charge in [-0.2, -0.15) is 0 Å². The number of pyridine rings is 1. The van der Waals surface area contributed by atoms with E-state index in [1.807, 2.05) is 19.2 Å². The van der Waals surface area contributed by atoms with Crippen molar-refractivity contribution in [1.29, 1.82) is 0 Å². The lowest BCUT2D eigenvalue weighted by molar-refractivity contribution is 1.11. The Balaban J connectivity index is 2.67. The molecular formula is C9H10BN2S. The van der Waals surface area contributed by atoms with Crippen LogP contribution in [0.1, 0.15) is 4.88 Å². The standard InChI is InChI=1S/C9H10BN2S/c1-10-8-5-12-4-6-2-7(3-11)13-9(6)8/h2,4-5H,3,11H2,1H3. The van der Waals surface area contributed by atoms with E-state index in [1.165, 1.54) is 20.4 Å². The van der Waals surface area contributed by atoms with Crippen molar-refractivity contribution in [2.24, 2.45) is 5.73 Å². The van der Waals surface area contributed by atoms with Crippen LogP contribution in [0.4, 0.5) is 0 Å². The molecule has 0 unspecified atom stereocenters. The van der Waals surface area contributed by atoms with Gasteiger partial charge >= 0.3 is 0 Å². The maximum atomic E-state index is 5.59. The van der Waals surface area contributed by atoms with Gasteiger partial charge in [0.25, 0.3) is 0 Å². The van der Waals surface area contributed by atoms with Crippen LogP contribution in [-0.2, 0) is 6.54 Å². The van der Waals surface area contributed by atoms with Crippen LogP contribution in [0.25, 0.3) is 10.1 Å². The van der Waals surface area contributed by atoms with Gasteiger partial charge in [0.2, 0.25) is 0 Å². The van der Waals surface area contributed by atoms with Gasteiger partial charge in [0.05, 0.1) is 0 Å². The van der Waals surface area contributed by atoms with Gasteiger partial charge in [-0.05, 0) is 6.07 Å². The van der Waals surface area contributed by atoms with Crippen molar-refractivity contribution in [3.63, 3.8) is 0 Å². The molecule has 0 aliphatic rings. The molecule has 1 radical (unpaired) electrons. The average Bonchev–Trinajstić information content (AvgIpc) is 2.59. The summed E-state index contributed by atoms with van der Waals surface area (Å²) in [6, 6.07) is 2.11. The molecule has 2 aromatic heterocycles. The molecule has 2 aromatic rings. The summed E-state index contributed by atoms with van der Waals surface area (Å²) in [6.45, 7) is 2.64. The third-order valence-corrected chi connectivity index (χ3v) is 3.24. The second-order valence-electron chi connectivity index (χ2n) is 2.85. The fourth-order valence-corrected chi connectivity index (χ4v) is 2.39. The highest BCUT2D eigenvalue weighted by Crippen LogP contribution is 2.22. The van der Waals surface area contributed by atoms with Crippen molar-refractivity contribution in [1.82, 2.24) is 4.98 Å². The zero-order valence-corrected chi connectivity index (χ0v) is 8.27. The molecule has 0 bridgehead atoms. The highest BCUT2D eigenvalue weighted by molar-refractivity contribution is 7.20. The molecule has 0 aliphatic carbocycles. The van der Waals surface area contributed by atoms with Gasteiger partial charge in [0.1, 0.15) is 0 Å². The number of hydrogen-bond donors (Lipinski definition) is 1. The molecule has 0 saturated heterocycles. The topological polar surface area (TPSA) is 38.9 Å². The van der Waals surface area contributed by atoms with Crippen LogP contribution in [0.5, 0.6) is 0 Å². The summed E-state index contributed by atoms with van der Waals surface area (Å²) < 4.78 is 1.29. The predicted octanol–water partition coefficient (Wildman–Crippen LogP) is 1.13. The number of aromatic nitrogens is 1. The first-order valence-electron chi connectivity index (χ1n) is 4.21. The van der Waals surface area contributed by atoms with E-state index in [2.05, 4.69) is 18.3 Å². The lowest BCUT2D eigenvalue weighted by Gasteiger charge is -1.95. The van der Waals surface area contributed by atoms with E-state index in [0.29, 0.717) is 6.54 Å². The number of fused-ring (bicyclic) bond motifs is 1. The molecular weight excluding hydrogens is 179 g/mol. The van der Waals surface area contributed by atoms with Crippen LogP contribution in [0.3, 0.4) is 0 Å². The lowest BCUT2D eigenvalue weighted by Crippen LogP contribution is -2.10. The Morgan fingerprint density at radius 2 is 2.38 bits per heavy atom. The van der Waals surface area contributed by atoms with Crippen molar-refractivity contribution in [2.75, 3.05) is 0 Å². The van der Waals surface area contributed by atoms with Gasteiger partial charge in [-0.1, -0.05) is 12.3 Å². The second kappa shape index (κ2) is 3.48. The molecule has 0 atom stereocenters. The van der Waals surface area contributed by atoms with Crippen LogP contribution in [0.15, 0.2) is 18.5 Å². The summed E-state index contributed by atoms with van der Waals surface area (Å²) in [7, 11) is 2.08. The number of nitrogens with zero attached hydrogens (tertiary/aromatic N) is 1. The molecule has 0 aliphatic heterocycles. The minimum atomic E-state index is 0.614. The highest BCUT2D eigenvalue weighted by atomic mass is 32.1. The first kappa shape index (κ1) is 8.72. The Hall–Kier alpha value is -0.865. The van der Waals surface area contributed by atoms with Gasteiger partial charge in [-0.15, -0.1) is 11.3 Å². The smallest absolute Gasteiger partial charge is 0.152 e. The minimum Gasteiger partial charge on any atom is -0.326 e. The van der Waals surface area contributed by atoms with E-state index in [4.69, 9.17) is 5.73 Å². The summed E-state index contributed by atoms with van der Waals surface area (Å²) in [6.07, 6.45) is 3.77. The zero-order valence-electron chi connectivity index (χ0n) is 7.45. The number of nitrogens with two attached hydrogens (primary N) is 1. The maximum Gasteiger partial charge on any atom is 0.152 e. The lowest BCUT2D eigenvalue weighted by atomic mass is 9.74. The van der Waals surface area contributed by atoms with Crippen molar-refractivity contribution in [2.45, 2.75) is 13.4 Å². The Kier molecular flexibility index (Phi) is 2.33. The summed E-state index contributed by atoms with van der Waals surface area (Å²) in [5.41, 5.74) is 6.78. The molecule has 2 nitrogen and oxygen atoms in total. The van der Waals surface area contributed by atoms with E-state index in [9.17, 15) is 0 Å². The summed E-state index contributed by atoms with van der Waals surface area (Å²) in [5, 5.41) is 1.20. The highest BCUT2D eigenvalue weighted by Gasteiger charge is 2.04. The van der Waals surface area contributed by atoms with Crippen LogP contribution in [0.2, 0.25) is 6.82 Å². The Morgan fingerprint density at radius 1 is 1.54 bits per heavy atom. The van der Waals surface area contributed by atoms with Crippen molar-refractivity contribution < 1.29 is 0 Å². The first-order chi connectivity index (χ1) is 6.35. The Bertz CT molecular complexity index is 424. The summed E-state index contributed by atoms with van der Waals surface area (Å²) in [5.74, 6) is 0. The fourth-order valence-electron chi connectivity index (χ4n) is 1.34. The zero-order chi connectivity index (χ0) is 9.26. The van der Waals surface area contributed by atoms with Gasteiger partial charge < -0.3 is 5.73 Å². The SMILES string of the molecule is C[B]c1cncc2cc(CN)sc12. The second-order valence-corrected chi connectivity index (χ2v) is 3.99. The molecule has 0 fully saturated rings. The van der Waals surface area contributed by atoms with Crippen LogP contribution >= 0.6 is 11.3 Å². The van der Waals surface area contributed by atoms with Crippen molar-refractivity contribution in [3.05, 3.63) is 23.3 Å². The van der Waals surface area contributed by atoms with Gasteiger partial charge in [-0.3, -0.25) is 4.98 Å². The quantitative estimate of drug-likeness (QED) is 0.719. The molecule has 0 aromatic carbocycles. The number of hydrogen-bond acceptors (Lipinski definition) is 3. The van der Waals surface area contributed by atoms with E-state index in [0.717, 1.165) is 0 Å². The monoisotopic (exact) mass is 189 g/mol. The van der Waals surface area contributed by atoms with Crippen LogP contribution in [-0.4, -0.2) is 12.3 Å². The molecule has 0 spiro atoms.